The van der Waals surface area contributed by atoms with Gasteiger partial charge in [0.1, 0.15) is 35.4 Å². The van der Waals surface area contributed by atoms with Crippen LogP contribution in [-0.2, 0) is 17.8 Å². The molecule has 3 rings (SSSR count). The molecule has 14 heteroatoms. The highest BCUT2D eigenvalue weighted by atomic mass is 19.4. The number of anilines is 2. The molecule has 36 heavy (non-hydrogen) atoms. The maximum absolute atomic E-state index is 12.7. The average Bonchev–Trinajstić information content (AvgIpc) is 3.35. The van der Waals surface area contributed by atoms with Crippen molar-refractivity contribution >= 4 is 23.2 Å². The summed E-state index contributed by atoms with van der Waals surface area (Å²) in [5.41, 5.74) is 6.41. The number of rotatable bonds is 8. The van der Waals surface area contributed by atoms with Crippen LogP contribution in [0.15, 0.2) is 41.4 Å². The summed E-state index contributed by atoms with van der Waals surface area (Å²) >= 11 is 0. The summed E-state index contributed by atoms with van der Waals surface area (Å²) in [5.74, 6) is -1.02. The Kier molecular flexibility index (Phi) is 7.42. The standard InChI is InChI=1S/C22H18F6N6O2/c1-12(6-7-21(23,24)25)16-9-18(36-33-16)31-17(35)8-13-2-4-14(5-3-13)19-15(10-29)20(30)34(32-19)11-22(26,27)28/h2-5,9H,1,6-8,11,30H2,(H,31,35). The lowest BCUT2D eigenvalue weighted by molar-refractivity contribution is -0.142. The number of hydrogen-bond acceptors (Lipinski definition) is 6. The highest BCUT2D eigenvalue weighted by Gasteiger charge is 2.31. The Morgan fingerprint density at radius 3 is 2.42 bits per heavy atom. The van der Waals surface area contributed by atoms with Gasteiger partial charge in [0.2, 0.25) is 11.8 Å². The van der Waals surface area contributed by atoms with Gasteiger partial charge in [0, 0.05) is 18.1 Å². The fourth-order valence-corrected chi connectivity index (χ4v) is 3.15. The van der Waals surface area contributed by atoms with E-state index in [0.717, 1.165) is 0 Å². The first-order chi connectivity index (χ1) is 16.8. The zero-order valence-corrected chi connectivity index (χ0v) is 18.4. The molecule has 0 unspecified atom stereocenters. The first kappa shape index (κ1) is 26.3. The van der Waals surface area contributed by atoms with Gasteiger partial charge < -0.3 is 10.3 Å². The number of nitrogens with one attached hydrogen (secondary N) is 1. The second kappa shape index (κ2) is 10.1. The zero-order chi connectivity index (χ0) is 26.7. The number of aromatic nitrogens is 3. The van der Waals surface area contributed by atoms with E-state index in [4.69, 9.17) is 10.3 Å². The van der Waals surface area contributed by atoms with Crippen LogP contribution in [-0.4, -0.2) is 33.2 Å². The number of hydrogen-bond donors (Lipinski definition) is 2. The Labute approximate surface area is 200 Å². The smallest absolute Gasteiger partial charge is 0.383 e. The van der Waals surface area contributed by atoms with E-state index in [9.17, 15) is 36.4 Å². The van der Waals surface area contributed by atoms with E-state index in [1.165, 1.54) is 30.3 Å². The first-order valence-electron chi connectivity index (χ1n) is 10.2. The molecule has 0 aliphatic rings. The lowest BCUT2D eigenvalue weighted by Gasteiger charge is -2.07. The summed E-state index contributed by atoms with van der Waals surface area (Å²) in [5, 5.41) is 19.1. The molecular formula is C22H18F6N6O2. The second-order valence-electron chi connectivity index (χ2n) is 7.71. The van der Waals surface area contributed by atoms with Gasteiger partial charge in [-0.1, -0.05) is 36.0 Å². The Hall–Kier alpha value is -4.28. The molecule has 1 aromatic carbocycles. The summed E-state index contributed by atoms with van der Waals surface area (Å²) in [6, 6.07) is 8.98. The van der Waals surface area contributed by atoms with E-state index in [1.807, 2.05) is 0 Å². The molecule has 0 saturated carbocycles. The second-order valence-corrected chi connectivity index (χ2v) is 7.71. The van der Waals surface area contributed by atoms with Crippen molar-refractivity contribution in [3.8, 4) is 17.3 Å². The Bertz CT molecular complexity index is 1300. The van der Waals surface area contributed by atoms with Crippen LogP contribution < -0.4 is 11.1 Å². The molecular weight excluding hydrogens is 494 g/mol. The van der Waals surface area contributed by atoms with Crippen molar-refractivity contribution in [3.63, 3.8) is 0 Å². The SMILES string of the molecule is C=C(CCC(F)(F)F)c1cc(NC(=O)Cc2ccc(-c3nn(CC(F)(F)F)c(N)c3C#N)cc2)on1. The lowest BCUT2D eigenvalue weighted by atomic mass is 10.0. The van der Waals surface area contributed by atoms with E-state index in [1.54, 1.807) is 6.07 Å². The molecule has 0 bridgehead atoms. The number of benzene rings is 1. The number of alkyl halides is 6. The lowest BCUT2D eigenvalue weighted by Crippen LogP contribution is -2.20. The number of carbonyl (C=O) groups is 1. The highest BCUT2D eigenvalue weighted by molar-refractivity contribution is 5.91. The Balaban J connectivity index is 1.64. The topological polar surface area (TPSA) is 123 Å². The van der Waals surface area contributed by atoms with Gasteiger partial charge in [0.25, 0.3) is 0 Å². The molecule has 190 valence electrons. The molecule has 0 atom stereocenters. The number of nitrogens with zero attached hydrogens (tertiary/aromatic N) is 4. The van der Waals surface area contributed by atoms with Gasteiger partial charge in [-0.2, -0.15) is 36.7 Å². The van der Waals surface area contributed by atoms with Crippen molar-refractivity contribution in [2.45, 2.75) is 38.2 Å². The summed E-state index contributed by atoms with van der Waals surface area (Å²) in [6.45, 7) is 2.08. The fourth-order valence-electron chi connectivity index (χ4n) is 3.15. The van der Waals surface area contributed by atoms with Crippen LogP contribution in [0.25, 0.3) is 16.8 Å². The van der Waals surface area contributed by atoms with Crippen molar-refractivity contribution in [2.24, 2.45) is 0 Å². The minimum atomic E-state index is -4.58. The van der Waals surface area contributed by atoms with Gasteiger partial charge in [-0.15, -0.1) is 0 Å². The number of nitrogen functional groups attached to an aromatic ring is 1. The minimum Gasteiger partial charge on any atom is -0.383 e. The van der Waals surface area contributed by atoms with Crippen molar-refractivity contribution in [1.82, 2.24) is 14.9 Å². The Morgan fingerprint density at radius 2 is 1.83 bits per heavy atom. The van der Waals surface area contributed by atoms with Crippen LogP contribution >= 0.6 is 0 Å². The van der Waals surface area contributed by atoms with E-state index in [-0.39, 0.29) is 41.3 Å². The molecule has 2 aromatic heterocycles. The molecule has 2 heterocycles. The van der Waals surface area contributed by atoms with Crippen LogP contribution in [0.5, 0.6) is 0 Å². The maximum Gasteiger partial charge on any atom is 0.408 e. The molecule has 0 aliphatic heterocycles. The molecule has 8 nitrogen and oxygen atoms in total. The molecule has 0 radical (unpaired) electrons. The van der Waals surface area contributed by atoms with E-state index in [0.29, 0.717) is 15.8 Å². The first-order valence-corrected chi connectivity index (χ1v) is 10.2. The van der Waals surface area contributed by atoms with Crippen molar-refractivity contribution in [2.75, 3.05) is 11.1 Å². The van der Waals surface area contributed by atoms with Gasteiger partial charge in [-0.3, -0.25) is 10.1 Å². The zero-order valence-electron chi connectivity index (χ0n) is 18.4. The molecule has 0 fully saturated rings. The van der Waals surface area contributed by atoms with E-state index in [2.05, 4.69) is 22.2 Å². The van der Waals surface area contributed by atoms with Crippen LogP contribution in [0.2, 0.25) is 0 Å². The summed E-state index contributed by atoms with van der Waals surface area (Å²) in [6.07, 6.45) is -10.5. The molecule has 1 amide bonds. The van der Waals surface area contributed by atoms with Crippen LogP contribution in [0.4, 0.5) is 38.0 Å². The number of carbonyl (C=O) groups excluding carboxylic acids is 1. The number of amides is 1. The van der Waals surface area contributed by atoms with Gasteiger partial charge in [0.05, 0.1) is 6.42 Å². The summed E-state index contributed by atoms with van der Waals surface area (Å²) in [4.78, 5) is 12.3. The van der Waals surface area contributed by atoms with Crippen molar-refractivity contribution < 1.29 is 35.7 Å². The predicted octanol–water partition coefficient (Wildman–Crippen LogP) is 5.09. The molecule has 0 saturated heterocycles. The van der Waals surface area contributed by atoms with Crippen LogP contribution in [0.3, 0.4) is 0 Å². The molecule has 0 aliphatic carbocycles. The largest absolute Gasteiger partial charge is 0.408 e. The number of nitrogens with two attached hydrogens (primary N) is 1. The highest BCUT2D eigenvalue weighted by Crippen LogP contribution is 2.30. The number of nitriles is 1. The van der Waals surface area contributed by atoms with Crippen molar-refractivity contribution in [1.29, 1.82) is 5.26 Å². The third kappa shape index (κ3) is 6.87. The minimum absolute atomic E-state index is 0.0322. The number of halogens is 6. The van der Waals surface area contributed by atoms with Crippen molar-refractivity contribution in [3.05, 3.63) is 53.7 Å². The van der Waals surface area contributed by atoms with E-state index >= 15 is 0 Å². The fraction of sp³-hybridized carbons (Fsp3) is 0.273. The van der Waals surface area contributed by atoms with Gasteiger partial charge in [-0.25, -0.2) is 4.68 Å². The number of allylic oxidation sites excluding steroid dienone is 1. The average molecular weight is 512 g/mol. The normalized spacial score (nSPS) is 11.8. The molecule has 3 aromatic rings. The third-order valence-electron chi connectivity index (χ3n) is 4.87. The van der Waals surface area contributed by atoms with Gasteiger partial charge >= 0.3 is 12.4 Å². The summed E-state index contributed by atoms with van der Waals surface area (Å²) < 4.78 is 80.6. The third-order valence-corrected chi connectivity index (χ3v) is 4.87. The monoisotopic (exact) mass is 512 g/mol. The van der Waals surface area contributed by atoms with Gasteiger partial charge in [0.15, 0.2) is 0 Å². The molecule has 0 spiro atoms. The summed E-state index contributed by atoms with van der Waals surface area (Å²) in [7, 11) is 0. The predicted molar refractivity (Wildman–Crippen MR) is 116 cm³/mol. The maximum atomic E-state index is 12.7. The quantitative estimate of drug-likeness (QED) is 0.406. The van der Waals surface area contributed by atoms with Crippen LogP contribution in [0.1, 0.15) is 29.7 Å². The van der Waals surface area contributed by atoms with E-state index < -0.39 is 37.0 Å². The van der Waals surface area contributed by atoms with Gasteiger partial charge in [-0.05, 0) is 17.6 Å². The van der Waals surface area contributed by atoms with Crippen LogP contribution in [0, 0.1) is 11.3 Å². The Morgan fingerprint density at radius 1 is 1.17 bits per heavy atom. The molecule has 3 N–H and O–H groups in total.